The summed E-state index contributed by atoms with van der Waals surface area (Å²) in [5.41, 5.74) is 0. The van der Waals surface area contributed by atoms with E-state index in [9.17, 15) is 18.3 Å². The Kier molecular flexibility index (Phi) is 7.09. The third kappa shape index (κ3) is 6.44. The van der Waals surface area contributed by atoms with Crippen molar-refractivity contribution in [3.63, 3.8) is 0 Å². The van der Waals surface area contributed by atoms with Crippen LogP contribution >= 0.6 is 0 Å². The largest absolute Gasteiger partial charge is 0.452 e. The van der Waals surface area contributed by atoms with Gasteiger partial charge in [-0.3, -0.25) is 0 Å². The topological polar surface area (TPSA) is 105 Å². The number of methoxy groups -OCH3 is 1. The van der Waals surface area contributed by atoms with E-state index in [4.69, 9.17) is 0 Å². The molecule has 1 amide bonds. The van der Waals surface area contributed by atoms with Crippen molar-refractivity contribution in [3.05, 3.63) is 0 Å². The standard InChI is InChI=1S/C9H20N2O5S/c1-4-7(5-2)8(12)6-10-17(14,15)11-9(13)16-3/h7-8,10,12H,4-6H2,1-3H3,(H,11,13). The first-order valence-electron chi connectivity index (χ1n) is 5.39. The first kappa shape index (κ1) is 16.1. The van der Waals surface area contributed by atoms with Crippen molar-refractivity contribution in [3.8, 4) is 0 Å². The molecule has 0 rings (SSSR count). The van der Waals surface area contributed by atoms with Crippen molar-refractivity contribution in [1.29, 1.82) is 0 Å². The maximum atomic E-state index is 11.3. The highest BCUT2D eigenvalue weighted by Crippen LogP contribution is 2.12. The second-order valence-electron chi connectivity index (χ2n) is 3.59. The molecule has 0 fully saturated rings. The lowest BCUT2D eigenvalue weighted by Crippen LogP contribution is -2.44. The van der Waals surface area contributed by atoms with Gasteiger partial charge in [-0.25, -0.2) is 9.52 Å². The molecule has 7 nitrogen and oxygen atoms in total. The summed E-state index contributed by atoms with van der Waals surface area (Å²) in [5, 5.41) is 9.69. The minimum atomic E-state index is -3.97. The fourth-order valence-electron chi connectivity index (χ4n) is 1.38. The maximum absolute atomic E-state index is 11.3. The molecule has 0 saturated carbocycles. The molecular weight excluding hydrogens is 248 g/mol. The van der Waals surface area contributed by atoms with Crippen molar-refractivity contribution >= 4 is 16.3 Å². The summed E-state index contributed by atoms with van der Waals surface area (Å²) in [6.45, 7) is 3.69. The summed E-state index contributed by atoms with van der Waals surface area (Å²) >= 11 is 0. The molecule has 0 aliphatic rings. The molecule has 8 heteroatoms. The van der Waals surface area contributed by atoms with Crippen LogP contribution in [0.25, 0.3) is 0 Å². The van der Waals surface area contributed by atoms with Gasteiger partial charge in [0.25, 0.3) is 0 Å². The molecule has 17 heavy (non-hydrogen) atoms. The van der Waals surface area contributed by atoms with Crippen LogP contribution in [0.15, 0.2) is 0 Å². The number of carbonyl (C=O) groups is 1. The number of nitrogens with one attached hydrogen (secondary N) is 2. The van der Waals surface area contributed by atoms with Gasteiger partial charge in [0.05, 0.1) is 13.2 Å². The van der Waals surface area contributed by atoms with Gasteiger partial charge in [-0.15, -0.1) is 0 Å². The van der Waals surface area contributed by atoms with E-state index >= 15 is 0 Å². The van der Waals surface area contributed by atoms with E-state index in [1.165, 1.54) is 0 Å². The molecule has 0 aromatic rings. The van der Waals surface area contributed by atoms with Crippen molar-refractivity contribution in [2.24, 2.45) is 5.92 Å². The van der Waals surface area contributed by atoms with Gasteiger partial charge >= 0.3 is 16.3 Å². The maximum Gasteiger partial charge on any atom is 0.421 e. The molecule has 0 heterocycles. The Balaban J connectivity index is 4.22. The number of aliphatic hydroxyl groups is 1. The lowest BCUT2D eigenvalue weighted by molar-refractivity contribution is 0.107. The number of carbonyl (C=O) groups excluding carboxylic acids is 1. The van der Waals surface area contributed by atoms with Crippen molar-refractivity contribution in [2.45, 2.75) is 32.8 Å². The van der Waals surface area contributed by atoms with Crippen LogP contribution in [0.5, 0.6) is 0 Å². The Hall–Kier alpha value is -0.860. The fourth-order valence-corrected chi connectivity index (χ4v) is 2.15. The lowest BCUT2D eigenvalue weighted by atomic mass is 9.97. The number of amides is 1. The number of hydrogen-bond acceptors (Lipinski definition) is 5. The average molecular weight is 268 g/mol. The molecule has 1 unspecified atom stereocenters. The average Bonchev–Trinajstić information content (AvgIpc) is 2.27. The number of ether oxygens (including phenoxy) is 1. The van der Waals surface area contributed by atoms with Crippen LogP contribution in [0.2, 0.25) is 0 Å². The molecule has 0 saturated heterocycles. The Morgan fingerprint density at radius 2 is 1.88 bits per heavy atom. The molecule has 102 valence electrons. The van der Waals surface area contributed by atoms with Crippen LogP contribution in [-0.2, 0) is 14.9 Å². The molecular formula is C9H20N2O5S. The van der Waals surface area contributed by atoms with Gasteiger partial charge < -0.3 is 9.84 Å². The Morgan fingerprint density at radius 1 is 1.35 bits per heavy atom. The number of rotatable bonds is 7. The van der Waals surface area contributed by atoms with Crippen LogP contribution in [0.1, 0.15) is 26.7 Å². The molecule has 1 atom stereocenters. The molecule has 0 radical (unpaired) electrons. The minimum absolute atomic E-state index is 0.0239. The number of hydrogen-bond donors (Lipinski definition) is 3. The van der Waals surface area contributed by atoms with E-state index in [2.05, 4.69) is 9.46 Å². The molecule has 0 bridgehead atoms. The summed E-state index contributed by atoms with van der Waals surface area (Å²) in [4.78, 5) is 10.7. The van der Waals surface area contributed by atoms with Gasteiger partial charge in [-0.05, 0) is 5.92 Å². The highest BCUT2D eigenvalue weighted by Gasteiger charge is 2.20. The van der Waals surface area contributed by atoms with Crippen molar-refractivity contribution in [2.75, 3.05) is 13.7 Å². The predicted molar refractivity (Wildman–Crippen MR) is 62.5 cm³/mol. The first-order chi connectivity index (χ1) is 7.86. The van der Waals surface area contributed by atoms with Gasteiger partial charge in [0.2, 0.25) is 0 Å². The highest BCUT2D eigenvalue weighted by atomic mass is 32.2. The molecule has 0 aromatic heterocycles. The zero-order chi connectivity index (χ0) is 13.5. The summed E-state index contributed by atoms with van der Waals surface area (Å²) < 4.78 is 30.4. The van der Waals surface area contributed by atoms with Gasteiger partial charge in [0.1, 0.15) is 0 Å². The first-order valence-corrected chi connectivity index (χ1v) is 6.88. The van der Waals surface area contributed by atoms with E-state index in [0.29, 0.717) is 0 Å². The third-order valence-corrected chi connectivity index (χ3v) is 3.46. The second kappa shape index (κ2) is 7.46. The van der Waals surface area contributed by atoms with E-state index < -0.39 is 22.4 Å². The molecule has 3 N–H and O–H groups in total. The van der Waals surface area contributed by atoms with Gasteiger partial charge in [0, 0.05) is 6.54 Å². The molecule has 0 aliphatic heterocycles. The van der Waals surface area contributed by atoms with E-state index in [-0.39, 0.29) is 12.5 Å². The van der Waals surface area contributed by atoms with Gasteiger partial charge in [0.15, 0.2) is 0 Å². The quantitative estimate of drug-likeness (QED) is 0.601. The van der Waals surface area contributed by atoms with E-state index in [0.717, 1.165) is 20.0 Å². The summed E-state index contributed by atoms with van der Waals surface area (Å²) in [5.74, 6) is 0.0239. The van der Waals surface area contributed by atoms with Crippen LogP contribution in [0, 0.1) is 5.92 Å². The zero-order valence-corrected chi connectivity index (χ0v) is 11.1. The summed E-state index contributed by atoms with van der Waals surface area (Å²) in [7, 11) is -2.91. The minimum Gasteiger partial charge on any atom is -0.452 e. The molecule has 0 aliphatic carbocycles. The van der Waals surface area contributed by atoms with Crippen molar-refractivity contribution in [1.82, 2.24) is 9.44 Å². The number of aliphatic hydroxyl groups excluding tert-OH is 1. The lowest BCUT2D eigenvalue weighted by Gasteiger charge is -2.20. The van der Waals surface area contributed by atoms with Gasteiger partial charge in [-0.2, -0.15) is 13.1 Å². The summed E-state index contributed by atoms with van der Waals surface area (Å²) in [6.07, 6.45) is -0.345. The van der Waals surface area contributed by atoms with Gasteiger partial charge in [-0.1, -0.05) is 26.7 Å². The third-order valence-electron chi connectivity index (χ3n) is 2.48. The SMILES string of the molecule is CCC(CC)C(O)CNS(=O)(=O)NC(=O)OC. The van der Waals surface area contributed by atoms with Crippen LogP contribution in [-0.4, -0.2) is 39.4 Å². The van der Waals surface area contributed by atoms with Crippen LogP contribution < -0.4 is 9.44 Å². The fraction of sp³-hybridized carbons (Fsp3) is 0.889. The van der Waals surface area contributed by atoms with Crippen LogP contribution in [0.4, 0.5) is 4.79 Å². The Labute approximate surface area is 102 Å². The molecule has 0 aromatic carbocycles. The zero-order valence-electron chi connectivity index (χ0n) is 10.3. The predicted octanol–water partition coefficient (Wildman–Crippen LogP) is -0.0261. The normalized spacial score (nSPS) is 13.5. The van der Waals surface area contributed by atoms with Crippen LogP contribution in [0.3, 0.4) is 0 Å². The second-order valence-corrected chi connectivity index (χ2v) is 5.09. The van der Waals surface area contributed by atoms with E-state index in [1.54, 1.807) is 4.72 Å². The van der Waals surface area contributed by atoms with E-state index in [1.807, 2.05) is 13.8 Å². The van der Waals surface area contributed by atoms with Crippen molar-refractivity contribution < 1.29 is 23.1 Å². The Bertz CT molecular complexity index is 326. The monoisotopic (exact) mass is 268 g/mol. The smallest absolute Gasteiger partial charge is 0.421 e. The highest BCUT2D eigenvalue weighted by molar-refractivity contribution is 7.88. The Morgan fingerprint density at radius 3 is 2.29 bits per heavy atom. The molecule has 0 spiro atoms. The summed E-state index contributed by atoms with van der Waals surface area (Å²) in [6, 6.07) is 0.